The summed E-state index contributed by atoms with van der Waals surface area (Å²) in [5.41, 5.74) is 5.93. The van der Waals surface area contributed by atoms with Gasteiger partial charge in [-0.2, -0.15) is 0 Å². The van der Waals surface area contributed by atoms with Crippen LogP contribution in [0, 0.1) is 5.92 Å². The van der Waals surface area contributed by atoms with Crippen LogP contribution in [0.25, 0.3) is 0 Å². The molecule has 1 amide bonds. The number of sulfonamides is 1. The number of rotatable bonds is 8. The van der Waals surface area contributed by atoms with Gasteiger partial charge in [0.2, 0.25) is 5.91 Å². The number of imidazole rings is 1. The van der Waals surface area contributed by atoms with Gasteiger partial charge in [0.25, 0.3) is 10.0 Å². The van der Waals surface area contributed by atoms with Crippen LogP contribution in [0.2, 0.25) is 0 Å². The summed E-state index contributed by atoms with van der Waals surface area (Å²) in [6.07, 6.45) is 3.43. The normalized spacial score (nSPS) is 12.8. The number of aromatic nitrogens is 2. The highest BCUT2D eigenvalue weighted by Crippen LogP contribution is 2.05. The second-order valence-corrected chi connectivity index (χ2v) is 7.43. The predicted octanol–water partition coefficient (Wildman–Crippen LogP) is -0.0480. The van der Waals surface area contributed by atoms with Crippen molar-refractivity contribution in [2.45, 2.75) is 31.3 Å². The number of nitrogens with zero attached hydrogens (tertiary/aromatic N) is 3. The molecule has 0 fully saturated rings. The molecule has 3 N–H and O–H groups in total. The molecule has 1 aromatic heterocycles. The number of nitrogens with two attached hydrogens (primary N) is 1. The Kier molecular flexibility index (Phi) is 8.75. The van der Waals surface area contributed by atoms with E-state index in [2.05, 4.69) is 9.71 Å². The number of likely N-dealkylation sites (N-methyl/N-ethyl adjacent to an activating group) is 1. The summed E-state index contributed by atoms with van der Waals surface area (Å²) in [7, 11) is -0.468. The first-order valence-corrected chi connectivity index (χ1v) is 8.59. The van der Waals surface area contributed by atoms with Gasteiger partial charge in [0.05, 0.1) is 12.9 Å². The third kappa shape index (κ3) is 6.86. The molecule has 8 nitrogen and oxygen atoms in total. The van der Waals surface area contributed by atoms with Crippen LogP contribution < -0.4 is 10.5 Å². The molecular formula is C13H26ClN5O3S. The quantitative estimate of drug-likeness (QED) is 0.669. The van der Waals surface area contributed by atoms with E-state index >= 15 is 0 Å². The highest BCUT2D eigenvalue weighted by atomic mass is 35.5. The molecule has 1 atom stereocenters. The second-order valence-electron chi connectivity index (χ2n) is 5.71. The average Bonchev–Trinajstić information content (AvgIpc) is 2.89. The van der Waals surface area contributed by atoms with Crippen molar-refractivity contribution < 1.29 is 13.2 Å². The maximum atomic E-state index is 12.0. The van der Waals surface area contributed by atoms with Crippen molar-refractivity contribution in [3.63, 3.8) is 0 Å². The molecule has 0 saturated heterocycles. The molecule has 1 heterocycles. The van der Waals surface area contributed by atoms with E-state index in [4.69, 9.17) is 5.73 Å². The van der Waals surface area contributed by atoms with Gasteiger partial charge in [-0.05, 0) is 12.3 Å². The van der Waals surface area contributed by atoms with E-state index in [-0.39, 0.29) is 35.9 Å². The zero-order valence-corrected chi connectivity index (χ0v) is 15.5. The van der Waals surface area contributed by atoms with E-state index < -0.39 is 10.0 Å². The molecule has 0 saturated carbocycles. The molecule has 0 aliphatic rings. The van der Waals surface area contributed by atoms with E-state index in [1.165, 1.54) is 22.0 Å². The fraction of sp³-hybridized carbons (Fsp3) is 0.692. The van der Waals surface area contributed by atoms with Gasteiger partial charge in [-0.25, -0.2) is 18.1 Å². The van der Waals surface area contributed by atoms with Crippen molar-refractivity contribution >= 4 is 28.3 Å². The van der Waals surface area contributed by atoms with Crippen LogP contribution in [0.15, 0.2) is 17.6 Å². The van der Waals surface area contributed by atoms with Crippen LogP contribution in [0.3, 0.4) is 0 Å². The summed E-state index contributed by atoms with van der Waals surface area (Å²) in [4.78, 5) is 17.2. The SMILES string of the molecule is CC(C)C(N)CCN(C)C(=O)CNS(=O)(=O)c1cn(C)cn1.Cl. The number of hydrogen-bond acceptors (Lipinski definition) is 5. The number of aryl methyl sites for hydroxylation is 1. The Morgan fingerprint density at radius 3 is 2.57 bits per heavy atom. The number of halogens is 1. The van der Waals surface area contributed by atoms with E-state index in [0.29, 0.717) is 18.9 Å². The molecule has 0 aromatic carbocycles. The topological polar surface area (TPSA) is 110 Å². The van der Waals surface area contributed by atoms with Crippen LogP contribution in [-0.4, -0.2) is 55.0 Å². The Labute approximate surface area is 143 Å². The summed E-state index contributed by atoms with van der Waals surface area (Å²) in [6, 6.07) is 0.0143. The molecule has 134 valence electrons. The van der Waals surface area contributed by atoms with Gasteiger partial charge in [0.1, 0.15) is 0 Å². The lowest BCUT2D eigenvalue weighted by Crippen LogP contribution is -2.40. The van der Waals surface area contributed by atoms with Gasteiger partial charge >= 0.3 is 0 Å². The maximum absolute atomic E-state index is 12.0. The number of amides is 1. The van der Waals surface area contributed by atoms with Gasteiger partial charge in [-0.1, -0.05) is 13.8 Å². The largest absolute Gasteiger partial charge is 0.345 e. The summed E-state index contributed by atoms with van der Waals surface area (Å²) < 4.78 is 27.7. The van der Waals surface area contributed by atoms with E-state index in [1.54, 1.807) is 14.1 Å². The van der Waals surface area contributed by atoms with Crippen LogP contribution in [0.5, 0.6) is 0 Å². The fourth-order valence-corrected chi connectivity index (χ4v) is 2.65. The third-order valence-electron chi connectivity index (χ3n) is 3.45. The standard InChI is InChI=1S/C13H25N5O3S.ClH/c1-10(2)11(14)5-6-18(4)13(19)7-16-22(20,21)12-8-17(3)9-15-12;/h8-11,16H,5-7,14H2,1-4H3;1H. The van der Waals surface area contributed by atoms with Gasteiger partial charge in [0, 0.05) is 32.9 Å². The first kappa shape index (κ1) is 21.8. The molecule has 0 aliphatic carbocycles. The number of hydrogen-bond donors (Lipinski definition) is 2. The molecule has 1 rings (SSSR count). The van der Waals surface area contributed by atoms with Crippen molar-refractivity contribution in [2.24, 2.45) is 18.7 Å². The zero-order chi connectivity index (χ0) is 16.9. The zero-order valence-electron chi connectivity index (χ0n) is 13.9. The minimum atomic E-state index is -3.77. The number of carbonyl (C=O) groups excluding carboxylic acids is 1. The van der Waals surface area contributed by atoms with Crippen LogP contribution >= 0.6 is 12.4 Å². The average molecular weight is 368 g/mol. The monoisotopic (exact) mass is 367 g/mol. The van der Waals surface area contributed by atoms with Crippen molar-refractivity contribution in [1.82, 2.24) is 19.2 Å². The second kappa shape index (κ2) is 9.21. The lowest BCUT2D eigenvalue weighted by molar-refractivity contribution is -0.128. The minimum absolute atomic E-state index is 0. The molecule has 0 aliphatic heterocycles. The van der Waals surface area contributed by atoms with Crippen LogP contribution in [0.1, 0.15) is 20.3 Å². The van der Waals surface area contributed by atoms with Crippen molar-refractivity contribution in [3.05, 3.63) is 12.5 Å². The summed E-state index contributed by atoms with van der Waals surface area (Å²) in [6.45, 7) is 4.23. The Morgan fingerprint density at radius 1 is 1.48 bits per heavy atom. The van der Waals surface area contributed by atoms with Crippen molar-refractivity contribution in [2.75, 3.05) is 20.1 Å². The predicted molar refractivity (Wildman–Crippen MR) is 90.7 cm³/mol. The van der Waals surface area contributed by atoms with E-state index in [1.807, 2.05) is 13.8 Å². The van der Waals surface area contributed by atoms with Gasteiger partial charge in [0.15, 0.2) is 5.03 Å². The minimum Gasteiger partial charge on any atom is -0.345 e. The highest BCUT2D eigenvalue weighted by molar-refractivity contribution is 7.89. The first-order valence-electron chi connectivity index (χ1n) is 7.10. The Bertz CT molecular complexity index is 603. The Morgan fingerprint density at radius 2 is 2.09 bits per heavy atom. The molecule has 10 heteroatoms. The fourth-order valence-electron chi connectivity index (χ4n) is 1.69. The summed E-state index contributed by atoms with van der Waals surface area (Å²) in [5, 5.41) is -0.104. The lowest BCUT2D eigenvalue weighted by Gasteiger charge is -2.21. The lowest BCUT2D eigenvalue weighted by atomic mass is 10.0. The van der Waals surface area contributed by atoms with Gasteiger partial charge < -0.3 is 15.2 Å². The third-order valence-corrected chi connectivity index (χ3v) is 4.74. The molecule has 23 heavy (non-hydrogen) atoms. The Hall–Kier alpha value is -1.16. The molecular weight excluding hydrogens is 342 g/mol. The summed E-state index contributed by atoms with van der Waals surface area (Å²) in [5.74, 6) is 0.0293. The van der Waals surface area contributed by atoms with Crippen LogP contribution in [-0.2, 0) is 21.9 Å². The van der Waals surface area contributed by atoms with Gasteiger partial charge in [-0.15, -0.1) is 12.4 Å². The van der Waals surface area contributed by atoms with Crippen molar-refractivity contribution in [3.8, 4) is 0 Å². The molecule has 0 radical (unpaired) electrons. The van der Waals surface area contributed by atoms with E-state index in [0.717, 1.165) is 0 Å². The molecule has 1 aromatic rings. The highest BCUT2D eigenvalue weighted by Gasteiger charge is 2.19. The van der Waals surface area contributed by atoms with Crippen molar-refractivity contribution in [1.29, 1.82) is 0 Å². The number of nitrogens with one attached hydrogen (secondary N) is 1. The molecule has 0 bridgehead atoms. The smallest absolute Gasteiger partial charge is 0.260 e. The number of carbonyl (C=O) groups is 1. The van der Waals surface area contributed by atoms with Gasteiger partial charge in [-0.3, -0.25) is 4.79 Å². The maximum Gasteiger partial charge on any atom is 0.260 e. The first-order chi connectivity index (χ1) is 10.1. The Balaban J connectivity index is 0.00000484. The van der Waals surface area contributed by atoms with Crippen LogP contribution in [0.4, 0.5) is 0 Å². The molecule has 0 spiro atoms. The molecule has 1 unspecified atom stereocenters. The summed E-state index contributed by atoms with van der Waals surface area (Å²) >= 11 is 0. The van der Waals surface area contributed by atoms with E-state index in [9.17, 15) is 13.2 Å².